The molecule has 8 nitrogen and oxygen atoms in total. The number of nitrogens with one attached hydrogen (secondary N) is 1. The van der Waals surface area contributed by atoms with Crippen molar-refractivity contribution in [2.45, 2.75) is 13.0 Å². The molecule has 5 rings (SSSR count). The molecule has 0 bridgehead atoms. The van der Waals surface area contributed by atoms with Gasteiger partial charge in [-0.1, -0.05) is 0 Å². The monoisotopic (exact) mass is 463 g/mol. The number of aromatic amines is 1. The second-order valence-corrected chi connectivity index (χ2v) is 7.87. The lowest BCUT2D eigenvalue weighted by Crippen LogP contribution is -2.16. The van der Waals surface area contributed by atoms with Crippen molar-refractivity contribution in [2.24, 2.45) is 12.8 Å². The summed E-state index contributed by atoms with van der Waals surface area (Å²) in [4.78, 5) is 31.2. The van der Waals surface area contributed by atoms with Crippen LogP contribution in [0.4, 0.5) is 8.78 Å². The number of halogens is 2. The largest absolute Gasteiger partial charge is 0.451 e. The molecule has 5 aromatic rings. The van der Waals surface area contributed by atoms with Crippen LogP contribution in [0.2, 0.25) is 0 Å². The van der Waals surface area contributed by atoms with Gasteiger partial charge in [-0.15, -0.1) is 0 Å². The van der Waals surface area contributed by atoms with Crippen molar-refractivity contribution in [3.05, 3.63) is 77.1 Å². The van der Waals surface area contributed by atoms with Crippen LogP contribution in [0.1, 0.15) is 6.42 Å². The molecule has 1 amide bonds. The van der Waals surface area contributed by atoms with Crippen LogP contribution in [0.5, 0.6) is 11.5 Å². The summed E-state index contributed by atoms with van der Waals surface area (Å²) in [7, 11) is 1.63. The van der Waals surface area contributed by atoms with E-state index in [0.717, 1.165) is 12.1 Å². The number of aromatic nitrogens is 4. The van der Waals surface area contributed by atoms with Gasteiger partial charge in [0.2, 0.25) is 5.91 Å². The smallest absolute Gasteiger partial charge is 0.274 e. The number of H-pyrrole nitrogens is 1. The quantitative estimate of drug-likeness (QED) is 0.399. The molecule has 0 aliphatic heterocycles. The first-order valence-corrected chi connectivity index (χ1v) is 10.4. The molecule has 0 aliphatic carbocycles. The summed E-state index contributed by atoms with van der Waals surface area (Å²) in [5.74, 6) is -2.02. The van der Waals surface area contributed by atoms with E-state index in [1.54, 1.807) is 42.2 Å². The van der Waals surface area contributed by atoms with Gasteiger partial charge in [0.1, 0.15) is 16.9 Å². The van der Waals surface area contributed by atoms with Gasteiger partial charge in [0.25, 0.3) is 5.56 Å². The maximum absolute atomic E-state index is 14.5. The summed E-state index contributed by atoms with van der Waals surface area (Å²) in [5.41, 5.74) is 7.74. The molecule has 10 heteroatoms. The Hall–Kier alpha value is -4.47. The number of nitrogens with two attached hydrogens (primary N) is 1. The Kier molecular flexibility index (Phi) is 5.12. The van der Waals surface area contributed by atoms with Gasteiger partial charge in [-0.2, -0.15) is 0 Å². The number of hydrogen-bond donors (Lipinski definition) is 2. The third-order valence-corrected chi connectivity index (χ3v) is 5.64. The standard InChI is InChI=1S/C24H19F2N5O3/c1-30-11-16(14-6-8-28-21(14)24(30)33)15-3-4-18-22(29-12-31(18)9-7-20(27)32)23(15)34-19-5-2-13(25)10-17(19)26/h2-6,8,10-12,28H,7,9H2,1H3,(H2,27,32). The Labute approximate surface area is 191 Å². The lowest BCUT2D eigenvalue weighted by molar-refractivity contribution is -0.118. The first kappa shape index (κ1) is 21.4. The number of benzene rings is 2. The maximum Gasteiger partial charge on any atom is 0.274 e. The lowest BCUT2D eigenvalue weighted by Gasteiger charge is -2.15. The zero-order valence-electron chi connectivity index (χ0n) is 18.0. The van der Waals surface area contributed by atoms with Crippen LogP contribution in [-0.2, 0) is 18.4 Å². The van der Waals surface area contributed by atoms with Crippen molar-refractivity contribution in [3.8, 4) is 22.6 Å². The van der Waals surface area contributed by atoms with Crippen molar-refractivity contribution in [1.29, 1.82) is 0 Å². The average Bonchev–Trinajstić information content (AvgIpc) is 3.44. The molecule has 2 aromatic carbocycles. The number of carbonyl (C=O) groups is 1. The average molecular weight is 463 g/mol. The molecule has 0 spiro atoms. The summed E-state index contributed by atoms with van der Waals surface area (Å²) in [6, 6.07) is 8.37. The van der Waals surface area contributed by atoms with Crippen LogP contribution in [0.3, 0.4) is 0 Å². The molecule has 0 saturated carbocycles. The second-order valence-electron chi connectivity index (χ2n) is 7.87. The number of imidazole rings is 1. The molecule has 34 heavy (non-hydrogen) atoms. The first-order chi connectivity index (χ1) is 16.3. The minimum atomic E-state index is -0.872. The third kappa shape index (κ3) is 3.58. The molecule has 0 atom stereocenters. The van der Waals surface area contributed by atoms with Crippen molar-refractivity contribution in [3.63, 3.8) is 0 Å². The van der Waals surface area contributed by atoms with Gasteiger partial charge in [0.15, 0.2) is 17.3 Å². The molecule has 3 heterocycles. The van der Waals surface area contributed by atoms with E-state index in [-0.39, 0.29) is 23.5 Å². The molecule has 0 aliphatic rings. The fourth-order valence-corrected chi connectivity index (χ4v) is 3.98. The SMILES string of the molecule is Cn1cc(-c2ccc3c(ncn3CCC(N)=O)c2Oc2ccc(F)cc2F)c2cc[nH]c2c1=O. The Balaban J connectivity index is 1.76. The summed E-state index contributed by atoms with van der Waals surface area (Å²) >= 11 is 0. The number of rotatable bonds is 6. The first-order valence-electron chi connectivity index (χ1n) is 10.4. The van der Waals surface area contributed by atoms with Gasteiger partial charge >= 0.3 is 0 Å². The second kappa shape index (κ2) is 8.14. The maximum atomic E-state index is 14.5. The highest BCUT2D eigenvalue weighted by Gasteiger charge is 2.21. The molecular weight excluding hydrogens is 444 g/mol. The highest BCUT2D eigenvalue weighted by atomic mass is 19.1. The zero-order chi connectivity index (χ0) is 24.0. The Morgan fingerprint density at radius 1 is 1.18 bits per heavy atom. The zero-order valence-corrected chi connectivity index (χ0v) is 18.0. The minimum absolute atomic E-state index is 0.112. The summed E-state index contributed by atoms with van der Waals surface area (Å²) in [5, 5.41) is 0.653. The predicted octanol–water partition coefficient (Wildman–Crippen LogP) is 3.83. The molecule has 3 N–H and O–H groups in total. The van der Waals surface area contributed by atoms with E-state index < -0.39 is 17.5 Å². The normalized spacial score (nSPS) is 11.4. The van der Waals surface area contributed by atoms with Crippen molar-refractivity contribution < 1.29 is 18.3 Å². The van der Waals surface area contributed by atoms with Gasteiger partial charge in [0.05, 0.1) is 11.8 Å². The van der Waals surface area contributed by atoms with E-state index in [4.69, 9.17) is 10.5 Å². The Morgan fingerprint density at radius 2 is 2.00 bits per heavy atom. The molecule has 0 saturated heterocycles. The van der Waals surface area contributed by atoms with E-state index in [1.807, 2.05) is 0 Å². The summed E-state index contributed by atoms with van der Waals surface area (Å²) in [6.07, 6.45) is 4.98. The summed E-state index contributed by atoms with van der Waals surface area (Å²) < 4.78 is 37.2. The topological polar surface area (TPSA) is 108 Å². The van der Waals surface area contributed by atoms with Gasteiger partial charge < -0.3 is 24.6 Å². The highest BCUT2D eigenvalue weighted by molar-refractivity contribution is 6.00. The van der Waals surface area contributed by atoms with Crippen LogP contribution in [0, 0.1) is 11.6 Å². The van der Waals surface area contributed by atoms with Gasteiger partial charge in [0, 0.05) is 55.0 Å². The van der Waals surface area contributed by atoms with Crippen molar-refractivity contribution >= 4 is 27.8 Å². The van der Waals surface area contributed by atoms with Crippen LogP contribution in [0.25, 0.3) is 33.1 Å². The molecule has 3 aromatic heterocycles. The van der Waals surface area contributed by atoms with Crippen LogP contribution < -0.4 is 16.0 Å². The number of hydrogen-bond acceptors (Lipinski definition) is 4. The van der Waals surface area contributed by atoms with E-state index in [1.165, 1.54) is 17.0 Å². The van der Waals surface area contributed by atoms with E-state index in [0.29, 0.717) is 39.6 Å². The molecular formula is C24H19F2N5O3. The lowest BCUT2D eigenvalue weighted by atomic mass is 10.0. The number of fused-ring (bicyclic) bond motifs is 2. The third-order valence-electron chi connectivity index (χ3n) is 5.64. The number of aryl methyl sites for hydroxylation is 2. The van der Waals surface area contributed by atoms with Crippen molar-refractivity contribution in [2.75, 3.05) is 0 Å². The number of ether oxygens (including phenoxy) is 1. The molecule has 172 valence electrons. The minimum Gasteiger partial charge on any atom is -0.451 e. The molecule has 0 fully saturated rings. The van der Waals surface area contributed by atoms with E-state index in [9.17, 15) is 18.4 Å². The van der Waals surface area contributed by atoms with Gasteiger partial charge in [-0.25, -0.2) is 13.8 Å². The van der Waals surface area contributed by atoms with E-state index in [2.05, 4.69) is 9.97 Å². The number of amides is 1. The van der Waals surface area contributed by atoms with Gasteiger partial charge in [-0.05, 0) is 30.3 Å². The van der Waals surface area contributed by atoms with E-state index >= 15 is 0 Å². The highest BCUT2D eigenvalue weighted by Crippen LogP contribution is 2.41. The number of pyridine rings is 1. The van der Waals surface area contributed by atoms with Crippen LogP contribution in [0.15, 0.2) is 59.9 Å². The molecule has 0 unspecified atom stereocenters. The molecule has 0 radical (unpaired) electrons. The fourth-order valence-electron chi connectivity index (χ4n) is 3.98. The Morgan fingerprint density at radius 3 is 2.76 bits per heavy atom. The van der Waals surface area contributed by atoms with Gasteiger partial charge in [-0.3, -0.25) is 9.59 Å². The van der Waals surface area contributed by atoms with Crippen LogP contribution >= 0.6 is 0 Å². The number of carbonyl (C=O) groups excluding carboxylic acids is 1. The predicted molar refractivity (Wildman–Crippen MR) is 123 cm³/mol. The Bertz CT molecular complexity index is 1630. The van der Waals surface area contributed by atoms with Crippen molar-refractivity contribution in [1.82, 2.24) is 19.1 Å². The number of primary amides is 1. The summed E-state index contributed by atoms with van der Waals surface area (Å²) in [6.45, 7) is 0.303. The van der Waals surface area contributed by atoms with Crippen LogP contribution in [-0.4, -0.2) is 25.0 Å². The number of nitrogens with zero attached hydrogens (tertiary/aromatic N) is 3. The fraction of sp³-hybridized carbons (Fsp3) is 0.125.